The van der Waals surface area contributed by atoms with Crippen molar-refractivity contribution in [3.63, 3.8) is 0 Å². The molecule has 0 bridgehead atoms. The van der Waals surface area contributed by atoms with E-state index in [1.807, 2.05) is 6.07 Å². The molecule has 4 aliphatic rings. The zero-order chi connectivity index (χ0) is 35.1. The minimum Gasteiger partial charge on any atom is -0.464 e. The summed E-state index contributed by atoms with van der Waals surface area (Å²) >= 11 is 0. The van der Waals surface area contributed by atoms with Gasteiger partial charge in [-0.2, -0.15) is 5.10 Å². The quantitative estimate of drug-likeness (QED) is 0.133. The number of rotatable bonds is 8. The Kier molecular flexibility index (Phi) is 7.85. The predicted octanol–water partition coefficient (Wildman–Crippen LogP) is 2.55. The van der Waals surface area contributed by atoms with Gasteiger partial charge in [0.2, 0.25) is 0 Å². The first-order valence-corrected chi connectivity index (χ1v) is 17.5. The van der Waals surface area contributed by atoms with E-state index in [2.05, 4.69) is 10.3 Å². The third kappa shape index (κ3) is 5.40. The highest BCUT2D eigenvalue weighted by Crippen LogP contribution is 2.47. The fourth-order valence-corrected chi connectivity index (χ4v) is 8.54. The van der Waals surface area contributed by atoms with Crippen LogP contribution >= 0.6 is 0 Å². The van der Waals surface area contributed by atoms with Gasteiger partial charge in [-0.3, -0.25) is 4.57 Å². The normalized spacial score (nSPS) is 25.0. The summed E-state index contributed by atoms with van der Waals surface area (Å²) < 4.78 is 21.0. The average Bonchev–Trinajstić information content (AvgIpc) is 3.81. The molecule has 268 valence electrons. The van der Waals surface area contributed by atoms with Gasteiger partial charge < -0.3 is 40.0 Å². The first kappa shape index (κ1) is 33.2. The second kappa shape index (κ2) is 11.8. The number of anilines is 2. The number of nitrogens with zero attached hydrogens (tertiary/aromatic N) is 6. The van der Waals surface area contributed by atoms with Gasteiger partial charge in [0, 0.05) is 30.3 Å². The summed E-state index contributed by atoms with van der Waals surface area (Å²) in [6, 6.07) is 3.09. The number of esters is 1. The van der Waals surface area contributed by atoms with Crippen LogP contribution in [0.3, 0.4) is 0 Å². The number of pyridine rings is 2. The van der Waals surface area contributed by atoms with E-state index >= 15 is 0 Å². The molecule has 0 amide bonds. The number of imidazole rings is 1. The van der Waals surface area contributed by atoms with Crippen LogP contribution in [-0.2, 0) is 30.6 Å². The van der Waals surface area contributed by atoms with Gasteiger partial charge >= 0.3 is 17.8 Å². The number of aromatic nitrogens is 6. The Labute approximate surface area is 286 Å². The summed E-state index contributed by atoms with van der Waals surface area (Å²) in [5.74, 6) is -0.00179. The van der Waals surface area contributed by atoms with Gasteiger partial charge in [-0.15, -0.1) is 0 Å². The van der Waals surface area contributed by atoms with Crippen LogP contribution in [0.1, 0.15) is 95.6 Å². The molecule has 4 aromatic heterocycles. The monoisotopic (exact) mass is 693 g/mol. The highest BCUT2D eigenvalue weighted by molar-refractivity contribution is 5.87. The molecule has 8 rings (SSSR count). The summed E-state index contributed by atoms with van der Waals surface area (Å²) in [4.78, 5) is 36.3. The second-order valence-electron chi connectivity index (χ2n) is 14.5. The maximum absolute atomic E-state index is 13.5. The number of aliphatic hydroxyl groups is 4. The molecular formula is C34H43N7O9. The van der Waals surface area contributed by atoms with Gasteiger partial charge in [-0.25, -0.2) is 28.8 Å². The molecule has 16 nitrogen and oxygen atoms in total. The second-order valence-corrected chi connectivity index (χ2v) is 14.5. The molecule has 3 aliphatic carbocycles. The number of hydrogen-bond acceptors (Lipinski definition) is 13. The third-order valence-corrected chi connectivity index (χ3v) is 11.2. The molecular weight excluding hydrogens is 650 g/mol. The lowest BCUT2D eigenvalue weighted by Crippen LogP contribution is -2.49. The van der Waals surface area contributed by atoms with Crippen molar-refractivity contribution in [1.29, 1.82) is 0 Å². The molecule has 1 saturated heterocycles. The highest BCUT2D eigenvalue weighted by Gasteiger charge is 2.50. The minimum atomic E-state index is -3.47. The standard InChI is InChI=1S/C34H43N7O9/c1-3-48-29(42)32(8-4-9-32)41-28-23(18-36-41)22(20-5-11-33(12-6-20)49-13-14-50-33)15-27(38-28)37-26-16-24-25(19-35-26)40(34(45,46)47)30(43)39(24)21-7-10-31(2,44)17-21/h15-16,18-21,44-47H,3-14,17H2,1-2H3,(H,35,37,38). The summed E-state index contributed by atoms with van der Waals surface area (Å²) in [5, 5.41) is 49.9. The Hall–Kier alpha value is -3.93. The van der Waals surface area contributed by atoms with Crippen molar-refractivity contribution in [2.45, 2.75) is 113 Å². The van der Waals surface area contributed by atoms with Crippen molar-refractivity contribution >= 4 is 39.7 Å². The first-order valence-electron chi connectivity index (χ1n) is 17.5. The van der Waals surface area contributed by atoms with E-state index in [1.54, 1.807) is 30.8 Å². The van der Waals surface area contributed by atoms with Crippen LogP contribution in [0.2, 0.25) is 0 Å². The number of ether oxygens (including phenoxy) is 3. The Morgan fingerprint density at radius 3 is 2.40 bits per heavy atom. The lowest BCUT2D eigenvalue weighted by Gasteiger charge is -2.39. The van der Waals surface area contributed by atoms with Crippen LogP contribution in [0.25, 0.3) is 22.1 Å². The fraction of sp³-hybridized carbons (Fsp3) is 0.618. The smallest absolute Gasteiger partial charge is 0.377 e. The number of nitrogens with one attached hydrogen (secondary N) is 1. The van der Waals surface area contributed by atoms with E-state index in [0.29, 0.717) is 60.7 Å². The Bertz CT molecular complexity index is 2010. The van der Waals surface area contributed by atoms with Gasteiger partial charge in [-0.05, 0) is 82.8 Å². The largest absolute Gasteiger partial charge is 0.464 e. The molecule has 16 heteroatoms. The molecule has 2 atom stereocenters. The molecule has 4 aromatic rings. The molecule has 2 unspecified atom stereocenters. The molecule has 1 aliphatic heterocycles. The van der Waals surface area contributed by atoms with E-state index in [0.717, 1.165) is 43.1 Å². The number of hydrogen-bond donors (Lipinski definition) is 5. The average molecular weight is 694 g/mol. The van der Waals surface area contributed by atoms with Crippen LogP contribution in [0.4, 0.5) is 11.6 Å². The van der Waals surface area contributed by atoms with Crippen LogP contribution in [0, 0.1) is 0 Å². The minimum absolute atomic E-state index is 0.00406. The van der Waals surface area contributed by atoms with Crippen molar-refractivity contribution in [2.24, 2.45) is 0 Å². The Balaban J connectivity index is 1.22. The Morgan fingerprint density at radius 2 is 1.78 bits per heavy atom. The van der Waals surface area contributed by atoms with Gasteiger partial charge in [0.1, 0.15) is 11.6 Å². The first-order chi connectivity index (χ1) is 23.8. The van der Waals surface area contributed by atoms with Gasteiger partial charge in [0.25, 0.3) is 0 Å². The zero-order valence-electron chi connectivity index (χ0n) is 28.2. The molecule has 1 spiro atoms. The topological polar surface area (TPSA) is 208 Å². The summed E-state index contributed by atoms with van der Waals surface area (Å²) in [7, 11) is 0. The molecule has 3 saturated carbocycles. The maximum Gasteiger partial charge on any atom is 0.377 e. The van der Waals surface area contributed by atoms with E-state index in [1.165, 1.54) is 10.8 Å². The van der Waals surface area contributed by atoms with E-state index in [-0.39, 0.29) is 35.9 Å². The molecule has 5 heterocycles. The van der Waals surface area contributed by atoms with Crippen LogP contribution in [-0.4, -0.2) is 86.5 Å². The predicted molar refractivity (Wildman–Crippen MR) is 177 cm³/mol. The zero-order valence-corrected chi connectivity index (χ0v) is 28.2. The number of carbonyl (C=O) groups excluding carboxylic acids is 1. The Morgan fingerprint density at radius 1 is 1.04 bits per heavy atom. The van der Waals surface area contributed by atoms with Crippen molar-refractivity contribution < 1.29 is 39.4 Å². The fourth-order valence-electron chi connectivity index (χ4n) is 8.54. The summed E-state index contributed by atoms with van der Waals surface area (Å²) in [6.07, 6.45) is 5.90. The maximum atomic E-state index is 13.5. The molecule has 0 radical (unpaired) electrons. The molecule has 5 N–H and O–H groups in total. The number of fused-ring (bicyclic) bond motifs is 2. The van der Waals surface area contributed by atoms with Gasteiger partial charge in [0.05, 0.1) is 48.8 Å². The lowest BCUT2D eigenvalue weighted by atomic mass is 9.76. The third-order valence-electron chi connectivity index (χ3n) is 11.2. The van der Waals surface area contributed by atoms with E-state index < -0.39 is 34.8 Å². The van der Waals surface area contributed by atoms with Crippen LogP contribution in [0.5, 0.6) is 0 Å². The molecule has 0 aromatic carbocycles. The molecule has 50 heavy (non-hydrogen) atoms. The lowest BCUT2D eigenvalue weighted by molar-refractivity contribution is -0.374. The van der Waals surface area contributed by atoms with E-state index in [4.69, 9.17) is 24.3 Å². The van der Waals surface area contributed by atoms with Crippen LogP contribution < -0.4 is 11.0 Å². The van der Waals surface area contributed by atoms with Crippen LogP contribution in [0.15, 0.2) is 29.3 Å². The molecule has 4 fully saturated rings. The number of carbonyl (C=O) groups is 1. The van der Waals surface area contributed by atoms with Crippen molar-refractivity contribution in [3.05, 3.63) is 40.6 Å². The summed E-state index contributed by atoms with van der Waals surface area (Å²) in [5.41, 5.74) is -0.978. The van der Waals surface area contributed by atoms with E-state index in [9.17, 15) is 30.0 Å². The SMILES string of the molecule is CCOC(=O)C1(n2ncc3c(C4CCC5(CC4)OCCO5)cc(Nc4cc5c(cn4)n(C(O)(O)O)c(=O)n5C4CCC(C)(O)C4)nc32)CCC1. The van der Waals surface area contributed by atoms with Gasteiger partial charge in [-0.1, -0.05) is 0 Å². The highest BCUT2D eigenvalue weighted by atomic mass is 16.7. The van der Waals surface area contributed by atoms with Crippen molar-refractivity contribution in [1.82, 2.24) is 28.9 Å². The van der Waals surface area contributed by atoms with Crippen molar-refractivity contribution in [2.75, 3.05) is 25.1 Å². The summed E-state index contributed by atoms with van der Waals surface area (Å²) in [6.45, 7) is 4.91. The van der Waals surface area contributed by atoms with Gasteiger partial charge in [0.15, 0.2) is 17.0 Å². The van der Waals surface area contributed by atoms with Crippen molar-refractivity contribution in [3.8, 4) is 0 Å².